The smallest absolute Gasteiger partial charge is 0.123 e. The zero-order valence-electron chi connectivity index (χ0n) is 9.16. The number of rotatable bonds is 3. The van der Waals surface area contributed by atoms with Crippen molar-refractivity contribution in [1.82, 2.24) is 4.98 Å². The maximum Gasteiger partial charge on any atom is 0.123 e. The summed E-state index contributed by atoms with van der Waals surface area (Å²) in [7, 11) is 0. The molecule has 1 nitrogen and oxygen atoms in total. The van der Waals surface area contributed by atoms with Crippen LogP contribution in [0.3, 0.4) is 0 Å². The lowest BCUT2D eigenvalue weighted by molar-refractivity contribution is 0.894. The highest BCUT2D eigenvalue weighted by Gasteiger charge is 2.03. The topological polar surface area (TPSA) is 12.9 Å². The molecule has 0 atom stereocenters. The monoisotopic (exact) mass is 217 g/mol. The summed E-state index contributed by atoms with van der Waals surface area (Å²) < 4.78 is 0. The first kappa shape index (κ1) is 10.4. The molecular formula is C13H15NS. The van der Waals surface area contributed by atoms with E-state index >= 15 is 0 Å². The summed E-state index contributed by atoms with van der Waals surface area (Å²) in [4.78, 5) is 4.62. The molecule has 0 bridgehead atoms. The van der Waals surface area contributed by atoms with E-state index in [0.29, 0.717) is 0 Å². The standard InChI is InChI=1S/C13H15NS/c1-3-4-12-9-15-13(14-12)11-7-5-10(2)6-8-11/h5-9H,3-4H2,1-2H3. The summed E-state index contributed by atoms with van der Waals surface area (Å²) in [6.45, 7) is 4.29. The molecule has 2 rings (SSSR count). The summed E-state index contributed by atoms with van der Waals surface area (Å²) in [6, 6.07) is 8.56. The Labute approximate surface area is 94.8 Å². The van der Waals surface area contributed by atoms with Crippen molar-refractivity contribution >= 4 is 11.3 Å². The fourth-order valence-corrected chi connectivity index (χ4v) is 2.37. The van der Waals surface area contributed by atoms with Gasteiger partial charge in [0, 0.05) is 10.9 Å². The second-order valence-corrected chi connectivity index (χ2v) is 4.62. The first-order valence-corrected chi connectivity index (χ1v) is 6.19. The van der Waals surface area contributed by atoms with Crippen LogP contribution in [0.15, 0.2) is 29.6 Å². The summed E-state index contributed by atoms with van der Waals surface area (Å²) >= 11 is 1.74. The minimum atomic E-state index is 1.09. The van der Waals surface area contributed by atoms with Crippen molar-refractivity contribution < 1.29 is 0 Å². The molecule has 78 valence electrons. The van der Waals surface area contributed by atoms with E-state index in [0.717, 1.165) is 17.8 Å². The highest BCUT2D eigenvalue weighted by molar-refractivity contribution is 7.13. The quantitative estimate of drug-likeness (QED) is 0.755. The molecule has 0 amide bonds. The van der Waals surface area contributed by atoms with Gasteiger partial charge in [0.15, 0.2) is 0 Å². The predicted molar refractivity (Wildman–Crippen MR) is 66.3 cm³/mol. The zero-order valence-corrected chi connectivity index (χ0v) is 9.97. The summed E-state index contributed by atoms with van der Waals surface area (Å²) in [5.74, 6) is 0. The first-order chi connectivity index (χ1) is 7.29. The second-order valence-electron chi connectivity index (χ2n) is 3.76. The van der Waals surface area contributed by atoms with Gasteiger partial charge >= 0.3 is 0 Å². The molecular weight excluding hydrogens is 202 g/mol. The molecule has 0 saturated carbocycles. The summed E-state index contributed by atoms with van der Waals surface area (Å²) in [6.07, 6.45) is 2.25. The Hall–Kier alpha value is -1.15. The summed E-state index contributed by atoms with van der Waals surface area (Å²) in [5, 5.41) is 3.30. The average Bonchev–Trinajstić information content (AvgIpc) is 2.68. The molecule has 0 aliphatic carbocycles. The van der Waals surface area contributed by atoms with Crippen LogP contribution in [0.1, 0.15) is 24.6 Å². The zero-order chi connectivity index (χ0) is 10.7. The molecule has 0 fully saturated rings. The van der Waals surface area contributed by atoms with Crippen molar-refractivity contribution in [2.75, 3.05) is 0 Å². The maximum atomic E-state index is 4.62. The summed E-state index contributed by atoms with van der Waals surface area (Å²) in [5.41, 5.74) is 3.75. The van der Waals surface area contributed by atoms with Gasteiger partial charge in [-0.25, -0.2) is 4.98 Å². The number of hydrogen-bond donors (Lipinski definition) is 0. The van der Waals surface area contributed by atoms with Gasteiger partial charge in [-0.1, -0.05) is 43.2 Å². The van der Waals surface area contributed by atoms with Crippen LogP contribution in [-0.2, 0) is 6.42 Å². The van der Waals surface area contributed by atoms with Gasteiger partial charge in [-0.05, 0) is 13.3 Å². The van der Waals surface area contributed by atoms with Gasteiger partial charge < -0.3 is 0 Å². The minimum Gasteiger partial charge on any atom is -0.241 e. The fourth-order valence-electron chi connectivity index (χ4n) is 1.51. The Morgan fingerprint density at radius 3 is 2.60 bits per heavy atom. The van der Waals surface area contributed by atoms with Crippen LogP contribution in [0.4, 0.5) is 0 Å². The Morgan fingerprint density at radius 2 is 1.93 bits per heavy atom. The van der Waals surface area contributed by atoms with Gasteiger partial charge in [0.05, 0.1) is 5.69 Å². The van der Waals surface area contributed by atoms with Gasteiger partial charge in [-0.2, -0.15) is 0 Å². The van der Waals surface area contributed by atoms with Crippen LogP contribution in [0.5, 0.6) is 0 Å². The van der Waals surface area contributed by atoms with Gasteiger partial charge in [0.25, 0.3) is 0 Å². The predicted octanol–water partition coefficient (Wildman–Crippen LogP) is 4.07. The molecule has 15 heavy (non-hydrogen) atoms. The van der Waals surface area contributed by atoms with Gasteiger partial charge in [-0.3, -0.25) is 0 Å². The SMILES string of the molecule is CCCc1csc(-c2ccc(C)cc2)n1. The van der Waals surface area contributed by atoms with E-state index in [1.165, 1.54) is 16.8 Å². The van der Waals surface area contributed by atoms with Crippen LogP contribution >= 0.6 is 11.3 Å². The van der Waals surface area contributed by atoms with E-state index in [-0.39, 0.29) is 0 Å². The number of hydrogen-bond acceptors (Lipinski definition) is 2. The van der Waals surface area contributed by atoms with Crippen LogP contribution < -0.4 is 0 Å². The third kappa shape index (κ3) is 2.45. The van der Waals surface area contributed by atoms with Gasteiger partial charge in [-0.15, -0.1) is 11.3 Å². The first-order valence-electron chi connectivity index (χ1n) is 5.31. The van der Waals surface area contributed by atoms with Crippen molar-refractivity contribution in [1.29, 1.82) is 0 Å². The molecule has 1 aromatic carbocycles. The average molecular weight is 217 g/mol. The van der Waals surface area contributed by atoms with Gasteiger partial charge in [0.1, 0.15) is 5.01 Å². The number of benzene rings is 1. The fraction of sp³-hybridized carbons (Fsp3) is 0.308. The normalized spacial score (nSPS) is 10.5. The van der Waals surface area contributed by atoms with E-state index in [4.69, 9.17) is 0 Å². The van der Waals surface area contributed by atoms with Crippen LogP contribution in [0.2, 0.25) is 0 Å². The van der Waals surface area contributed by atoms with Gasteiger partial charge in [0.2, 0.25) is 0 Å². The van der Waals surface area contributed by atoms with Crippen LogP contribution in [-0.4, -0.2) is 4.98 Å². The van der Waals surface area contributed by atoms with E-state index in [1.54, 1.807) is 11.3 Å². The molecule has 0 radical (unpaired) electrons. The van der Waals surface area contributed by atoms with Crippen molar-refractivity contribution in [3.05, 3.63) is 40.9 Å². The Balaban J connectivity index is 2.25. The molecule has 1 aromatic heterocycles. The molecule has 0 N–H and O–H groups in total. The minimum absolute atomic E-state index is 1.09. The highest BCUT2D eigenvalue weighted by atomic mass is 32.1. The largest absolute Gasteiger partial charge is 0.241 e. The van der Waals surface area contributed by atoms with Crippen molar-refractivity contribution in [3.8, 4) is 10.6 Å². The Kier molecular flexibility index (Phi) is 3.17. The lowest BCUT2D eigenvalue weighted by Crippen LogP contribution is -1.83. The Bertz CT molecular complexity index is 428. The third-order valence-corrected chi connectivity index (χ3v) is 3.30. The van der Waals surface area contributed by atoms with E-state index in [2.05, 4.69) is 48.5 Å². The highest BCUT2D eigenvalue weighted by Crippen LogP contribution is 2.24. The third-order valence-electron chi connectivity index (χ3n) is 2.36. The second kappa shape index (κ2) is 4.58. The number of aryl methyl sites for hydroxylation is 2. The Morgan fingerprint density at radius 1 is 1.20 bits per heavy atom. The maximum absolute atomic E-state index is 4.62. The van der Waals surface area contributed by atoms with Crippen molar-refractivity contribution in [2.45, 2.75) is 26.7 Å². The van der Waals surface area contributed by atoms with E-state index in [1.807, 2.05) is 0 Å². The molecule has 0 aliphatic heterocycles. The molecule has 0 saturated heterocycles. The van der Waals surface area contributed by atoms with Crippen LogP contribution in [0.25, 0.3) is 10.6 Å². The number of nitrogens with zero attached hydrogens (tertiary/aromatic N) is 1. The van der Waals surface area contributed by atoms with Crippen molar-refractivity contribution in [2.24, 2.45) is 0 Å². The van der Waals surface area contributed by atoms with Crippen molar-refractivity contribution in [3.63, 3.8) is 0 Å². The van der Waals surface area contributed by atoms with Crippen LogP contribution in [0, 0.1) is 6.92 Å². The van der Waals surface area contributed by atoms with E-state index in [9.17, 15) is 0 Å². The lowest BCUT2D eigenvalue weighted by atomic mass is 10.2. The van der Waals surface area contributed by atoms with E-state index < -0.39 is 0 Å². The molecule has 2 heteroatoms. The molecule has 1 heterocycles. The molecule has 2 aromatic rings. The number of thiazole rings is 1. The lowest BCUT2D eigenvalue weighted by Gasteiger charge is -1.96. The molecule has 0 spiro atoms. The number of aromatic nitrogens is 1. The molecule has 0 aliphatic rings. The molecule has 0 unspecified atom stereocenters.